The van der Waals surface area contributed by atoms with Crippen LogP contribution in [0.2, 0.25) is 0 Å². The topological polar surface area (TPSA) is 99.5 Å². The number of likely N-dealkylation sites (tertiary alicyclic amines) is 1. The molecule has 0 saturated carbocycles. The Hall–Kier alpha value is -2.16. The van der Waals surface area contributed by atoms with Crippen molar-refractivity contribution in [3.05, 3.63) is 29.8 Å². The molecule has 2 aliphatic heterocycles. The van der Waals surface area contributed by atoms with Gasteiger partial charge in [0, 0.05) is 18.7 Å². The minimum Gasteiger partial charge on any atom is -0.497 e. The van der Waals surface area contributed by atoms with E-state index in [1.165, 1.54) is 0 Å². The summed E-state index contributed by atoms with van der Waals surface area (Å²) < 4.78 is 10.6. The second-order valence-corrected chi connectivity index (χ2v) is 9.08. The number of esters is 1. The van der Waals surface area contributed by atoms with Crippen molar-refractivity contribution in [2.24, 2.45) is 5.41 Å². The van der Waals surface area contributed by atoms with Crippen LogP contribution in [-0.4, -0.2) is 91.0 Å². The monoisotopic (exact) mass is 448 g/mol. The average Bonchev–Trinajstić information content (AvgIpc) is 2.82. The van der Waals surface area contributed by atoms with Crippen molar-refractivity contribution in [1.82, 2.24) is 9.80 Å². The van der Waals surface area contributed by atoms with Gasteiger partial charge in [-0.2, -0.15) is 0 Å². The lowest BCUT2D eigenvalue weighted by Crippen LogP contribution is -2.45. The molecule has 1 spiro atoms. The number of hydrogen-bond donors (Lipinski definition) is 2. The van der Waals surface area contributed by atoms with Crippen LogP contribution in [0.15, 0.2) is 24.3 Å². The molecule has 2 aliphatic rings. The van der Waals surface area contributed by atoms with Crippen LogP contribution in [0, 0.1) is 5.41 Å². The molecular weight excluding hydrogens is 412 g/mol. The van der Waals surface area contributed by atoms with Gasteiger partial charge < -0.3 is 29.5 Å². The van der Waals surface area contributed by atoms with Gasteiger partial charge in [-0.05, 0) is 76.5 Å². The molecule has 2 atom stereocenters. The maximum atomic E-state index is 13.1. The predicted octanol–water partition coefficient (Wildman–Crippen LogP) is 1.69. The summed E-state index contributed by atoms with van der Waals surface area (Å²) in [6.07, 6.45) is 1.63. The number of amides is 1. The summed E-state index contributed by atoms with van der Waals surface area (Å²) in [5.41, 5.74) is -0.00812. The predicted molar refractivity (Wildman–Crippen MR) is 120 cm³/mol. The summed E-state index contributed by atoms with van der Waals surface area (Å²) in [7, 11) is 3.62. The Bertz CT molecular complexity index is 760. The van der Waals surface area contributed by atoms with Crippen LogP contribution in [0.5, 0.6) is 5.75 Å². The first-order valence-corrected chi connectivity index (χ1v) is 11.5. The Morgan fingerprint density at radius 2 is 1.72 bits per heavy atom. The molecule has 32 heavy (non-hydrogen) atoms. The van der Waals surface area contributed by atoms with Crippen LogP contribution in [0.1, 0.15) is 48.9 Å². The maximum absolute atomic E-state index is 13.1. The largest absolute Gasteiger partial charge is 0.497 e. The highest BCUT2D eigenvalue weighted by molar-refractivity contribution is 5.94. The van der Waals surface area contributed by atoms with E-state index < -0.39 is 17.6 Å². The fourth-order valence-electron chi connectivity index (χ4n) is 4.51. The molecule has 3 rings (SSSR count). The fourth-order valence-corrected chi connectivity index (χ4v) is 4.51. The first-order chi connectivity index (χ1) is 15.3. The van der Waals surface area contributed by atoms with E-state index in [2.05, 4.69) is 4.90 Å². The van der Waals surface area contributed by atoms with Crippen LogP contribution >= 0.6 is 0 Å². The molecule has 1 aromatic rings. The number of ether oxygens (including phenoxy) is 2. The molecule has 1 amide bonds. The quantitative estimate of drug-likeness (QED) is 0.664. The molecule has 0 aliphatic carbocycles. The van der Waals surface area contributed by atoms with E-state index in [4.69, 9.17) is 9.47 Å². The number of cyclic esters (lactones) is 1. The van der Waals surface area contributed by atoms with Gasteiger partial charge >= 0.3 is 5.97 Å². The number of piperidine rings is 1. The number of carbonyl (C=O) groups is 2. The highest BCUT2D eigenvalue weighted by atomic mass is 16.5. The Kier molecular flexibility index (Phi) is 8.51. The zero-order valence-electron chi connectivity index (χ0n) is 19.2. The second kappa shape index (κ2) is 11.1. The van der Waals surface area contributed by atoms with Crippen LogP contribution in [0.4, 0.5) is 0 Å². The zero-order valence-corrected chi connectivity index (χ0v) is 19.2. The highest BCUT2D eigenvalue weighted by Crippen LogP contribution is 2.38. The van der Waals surface area contributed by atoms with Gasteiger partial charge in [0.1, 0.15) is 18.5 Å². The molecule has 2 heterocycles. The number of hydrogen-bond acceptors (Lipinski definition) is 7. The SMILES string of the molecule is COc1ccc(C(=O)N2CCCCC3(CCN(C)CC3)C(=O)OC[C@@H](O)[C@@H](O)CC2)cc1. The van der Waals surface area contributed by atoms with E-state index in [0.717, 1.165) is 38.8 Å². The Balaban J connectivity index is 1.73. The van der Waals surface area contributed by atoms with Crippen LogP contribution in [0.25, 0.3) is 0 Å². The van der Waals surface area contributed by atoms with Crippen molar-refractivity contribution in [1.29, 1.82) is 0 Å². The smallest absolute Gasteiger partial charge is 0.312 e. The number of benzene rings is 1. The summed E-state index contributed by atoms with van der Waals surface area (Å²) in [5, 5.41) is 20.7. The van der Waals surface area contributed by atoms with Crippen molar-refractivity contribution in [2.75, 3.05) is 46.9 Å². The van der Waals surface area contributed by atoms with Crippen LogP contribution < -0.4 is 4.74 Å². The van der Waals surface area contributed by atoms with E-state index in [1.54, 1.807) is 36.3 Å². The number of nitrogens with zero attached hydrogens (tertiary/aromatic N) is 2. The number of rotatable bonds is 2. The maximum Gasteiger partial charge on any atom is 0.312 e. The summed E-state index contributed by atoms with van der Waals surface area (Å²) in [5.74, 6) is 0.283. The molecule has 0 aromatic heterocycles. The van der Waals surface area contributed by atoms with Crippen molar-refractivity contribution in [3.8, 4) is 5.75 Å². The van der Waals surface area contributed by atoms with E-state index in [0.29, 0.717) is 30.8 Å². The zero-order chi connectivity index (χ0) is 23.1. The van der Waals surface area contributed by atoms with E-state index in [-0.39, 0.29) is 24.9 Å². The minimum absolute atomic E-state index is 0.120. The van der Waals surface area contributed by atoms with Crippen molar-refractivity contribution in [2.45, 2.75) is 50.7 Å². The second-order valence-electron chi connectivity index (χ2n) is 9.08. The molecule has 0 bridgehead atoms. The van der Waals surface area contributed by atoms with Gasteiger partial charge in [-0.25, -0.2) is 0 Å². The van der Waals surface area contributed by atoms with E-state index in [9.17, 15) is 19.8 Å². The van der Waals surface area contributed by atoms with E-state index in [1.807, 2.05) is 7.05 Å². The van der Waals surface area contributed by atoms with E-state index >= 15 is 0 Å². The third-order valence-corrected chi connectivity index (χ3v) is 6.86. The first kappa shape index (κ1) is 24.5. The third kappa shape index (κ3) is 5.99. The van der Waals surface area contributed by atoms with Gasteiger partial charge in [-0.15, -0.1) is 0 Å². The number of aliphatic hydroxyl groups is 2. The lowest BCUT2D eigenvalue weighted by atomic mass is 9.74. The molecule has 2 fully saturated rings. The molecule has 2 saturated heterocycles. The standard InChI is InChI=1S/C24H36N2O6/c1-25-15-11-24(12-16-25)10-3-4-13-26(14-9-20(27)21(28)17-32-23(24)30)22(29)18-5-7-19(31-2)8-6-18/h5-8,20-21,27-28H,3-4,9-17H2,1-2H3/t20-,21+/m0/s1. The van der Waals surface area contributed by atoms with Gasteiger partial charge in [-0.3, -0.25) is 9.59 Å². The molecule has 178 valence electrons. The lowest BCUT2D eigenvalue weighted by molar-refractivity contribution is -0.164. The minimum atomic E-state index is -1.18. The van der Waals surface area contributed by atoms with Gasteiger partial charge in [0.2, 0.25) is 0 Å². The Morgan fingerprint density at radius 3 is 2.38 bits per heavy atom. The molecular formula is C24H36N2O6. The fraction of sp³-hybridized carbons (Fsp3) is 0.667. The first-order valence-electron chi connectivity index (χ1n) is 11.5. The number of methoxy groups -OCH3 is 1. The van der Waals surface area contributed by atoms with Crippen molar-refractivity contribution < 1.29 is 29.3 Å². The van der Waals surface area contributed by atoms with Crippen molar-refractivity contribution >= 4 is 11.9 Å². The summed E-state index contributed by atoms with van der Waals surface area (Å²) in [6, 6.07) is 6.96. The molecule has 2 N–H and O–H groups in total. The third-order valence-electron chi connectivity index (χ3n) is 6.86. The van der Waals surface area contributed by atoms with Gasteiger partial charge in [0.05, 0.1) is 18.6 Å². The number of aliphatic hydroxyl groups excluding tert-OH is 2. The van der Waals surface area contributed by atoms with Crippen LogP contribution in [0.3, 0.4) is 0 Å². The molecule has 8 heteroatoms. The average molecular weight is 449 g/mol. The number of carbonyl (C=O) groups excluding carboxylic acids is 2. The lowest BCUT2D eigenvalue weighted by Gasteiger charge is -2.39. The normalized spacial score (nSPS) is 25.9. The van der Waals surface area contributed by atoms with Gasteiger partial charge in [0.25, 0.3) is 5.91 Å². The van der Waals surface area contributed by atoms with Crippen molar-refractivity contribution in [3.63, 3.8) is 0 Å². The summed E-state index contributed by atoms with van der Waals surface area (Å²) in [6.45, 7) is 2.25. The Labute approximate surface area is 190 Å². The van der Waals surface area contributed by atoms with Gasteiger partial charge in [-0.1, -0.05) is 6.42 Å². The Morgan fingerprint density at radius 1 is 1.03 bits per heavy atom. The summed E-state index contributed by atoms with van der Waals surface area (Å²) >= 11 is 0. The molecule has 8 nitrogen and oxygen atoms in total. The summed E-state index contributed by atoms with van der Waals surface area (Å²) in [4.78, 5) is 30.0. The highest BCUT2D eigenvalue weighted by Gasteiger charge is 2.42. The molecule has 0 unspecified atom stereocenters. The van der Waals surface area contributed by atoms with Crippen LogP contribution in [-0.2, 0) is 9.53 Å². The van der Waals surface area contributed by atoms with Gasteiger partial charge in [0.15, 0.2) is 0 Å². The molecule has 1 aromatic carbocycles. The molecule has 0 radical (unpaired) electrons.